The smallest absolute Gasteiger partial charge is 0.460 e. The lowest BCUT2D eigenvalue weighted by atomic mass is 10.0. The third-order valence-electron chi connectivity index (χ3n) is 5.46. The second-order valence-electron chi connectivity index (χ2n) is 10.2. The van der Waals surface area contributed by atoms with Gasteiger partial charge in [-0.3, -0.25) is 9.59 Å². The van der Waals surface area contributed by atoms with Crippen molar-refractivity contribution in [1.29, 1.82) is 0 Å². The van der Waals surface area contributed by atoms with Crippen molar-refractivity contribution in [3.63, 3.8) is 0 Å². The summed E-state index contributed by atoms with van der Waals surface area (Å²) >= 11 is 0.418. The van der Waals surface area contributed by atoms with E-state index in [0.29, 0.717) is 11.8 Å². The van der Waals surface area contributed by atoms with Crippen LogP contribution in [-0.2, 0) is 19.1 Å². The van der Waals surface area contributed by atoms with Gasteiger partial charge in [-0.25, -0.2) is 0 Å². The summed E-state index contributed by atoms with van der Waals surface area (Å²) in [5.41, 5.74) is 0. The summed E-state index contributed by atoms with van der Waals surface area (Å²) in [6.07, 6.45) is -20.8. The third kappa shape index (κ3) is 10.2. The number of hydrogen-bond donors (Lipinski definition) is 0. The van der Waals surface area contributed by atoms with Crippen molar-refractivity contribution in [1.82, 2.24) is 0 Å². The number of hydrogen-bond acceptors (Lipinski definition) is 5. The van der Waals surface area contributed by atoms with Crippen LogP contribution in [0.25, 0.3) is 0 Å². The van der Waals surface area contributed by atoms with Crippen LogP contribution < -0.4 is 0 Å². The topological polar surface area (TPSA) is 52.6 Å². The van der Waals surface area contributed by atoms with E-state index >= 15 is 0 Å². The Balaban J connectivity index is 5.56. The maximum absolute atomic E-state index is 13.7. The van der Waals surface area contributed by atoms with Crippen molar-refractivity contribution >= 4 is 23.7 Å². The molecular weight excluding hydrogens is 704 g/mol. The van der Waals surface area contributed by atoms with Crippen LogP contribution in [0, 0.1) is 0 Å². The lowest BCUT2D eigenvalue weighted by molar-refractivity contribution is -0.867. The SMILES string of the molecule is C[N+](C)(C)CCSC(CC(=O)OCCC(F)(F)C(F)(F)C(F)(F)C(F)(F)F)C(=O)OCCC(F)(F)C(F)(F)C(F)(F)C(F)(F)F. The standard InChI is InChI=1S/C21H24F18NO4S/c1-40(2,3)6-9-45-11(13(42)44-8-5-15(24,25)17(28,29)19(32,33)21(37,38)39)10-12(41)43-7-4-14(22,23)16(26,27)18(30,31)20(34,35)36/h11H,4-10H2,1-3H3/q+1. The fourth-order valence-electron chi connectivity index (χ4n) is 2.68. The monoisotopic (exact) mass is 728 g/mol. The number of rotatable bonds is 17. The molecule has 0 bridgehead atoms. The summed E-state index contributed by atoms with van der Waals surface area (Å²) in [5.74, 6) is -44.5. The maximum Gasteiger partial charge on any atom is 0.460 e. The van der Waals surface area contributed by atoms with E-state index < -0.39 is 97.6 Å². The van der Waals surface area contributed by atoms with Crippen LogP contribution in [0.15, 0.2) is 0 Å². The van der Waals surface area contributed by atoms with E-state index in [4.69, 9.17) is 0 Å². The fourth-order valence-corrected chi connectivity index (χ4v) is 4.08. The Kier molecular flexibility index (Phi) is 13.4. The van der Waals surface area contributed by atoms with Crippen molar-refractivity contribution in [3.8, 4) is 0 Å². The van der Waals surface area contributed by atoms with E-state index in [1.165, 1.54) is 0 Å². The highest BCUT2D eigenvalue weighted by molar-refractivity contribution is 8.00. The molecule has 0 aromatic heterocycles. The number of quaternary nitrogens is 1. The Bertz CT molecular complexity index is 1010. The first kappa shape index (κ1) is 43.0. The van der Waals surface area contributed by atoms with Crippen LogP contribution in [0.2, 0.25) is 0 Å². The summed E-state index contributed by atoms with van der Waals surface area (Å²) < 4.78 is 241. The summed E-state index contributed by atoms with van der Waals surface area (Å²) in [5, 5.41) is -1.94. The predicted octanol–water partition coefficient (Wildman–Crippen LogP) is 6.99. The highest BCUT2D eigenvalue weighted by Gasteiger charge is 2.82. The molecule has 0 radical (unpaired) electrons. The van der Waals surface area contributed by atoms with Gasteiger partial charge in [-0.05, 0) is 0 Å². The number of esters is 2. The van der Waals surface area contributed by atoms with Crippen LogP contribution >= 0.6 is 11.8 Å². The van der Waals surface area contributed by atoms with E-state index in [0.717, 1.165) is 0 Å². The van der Waals surface area contributed by atoms with E-state index in [1.54, 1.807) is 21.1 Å². The van der Waals surface area contributed by atoms with Crippen molar-refractivity contribution in [2.45, 2.75) is 72.4 Å². The normalized spacial score (nSPS) is 15.6. The van der Waals surface area contributed by atoms with Gasteiger partial charge in [0.05, 0.1) is 60.2 Å². The second-order valence-corrected chi connectivity index (χ2v) is 11.5. The molecule has 0 fully saturated rings. The first-order valence-electron chi connectivity index (χ1n) is 11.7. The Morgan fingerprint density at radius 3 is 1.29 bits per heavy atom. The number of nitrogens with zero attached hydrogens (tertiary/aromatic N) is 1. The van der Waals surface area contributed by atoms with Gasteiger partial charge in [0.25, 0.3) is 0 Å². The lowest BCUT2D eigenvalue weighted by Gasteiger charge is -2.33. The average molecular weight is 728 g/mol. The number of carbonyl (C=O) groups excluding carboxylic acids is 2. The van der Waals surface area contributed by atoms with Crippen LogP contribution in [-0.4, -0.2) is 116 Å². The number of ether oxygens (including phenoxy) is 2. The van der Waals surface area contributed by atoms with Gasteiger partial charge < -0.3 is 14.0 Å². The minimum absolute atomic E-state index is 0.134. The van der Waals surface area contributed by atoms with E-state index in [2.05, 4.69) is 9.47 Å². The minimum atomic E-state index is -7.23. The quantitative estimate of drug-likeness (QED) is 0.0920. The van der Waals surface area contributed by atoms with Gasteiger partial charge in [-0.2, -0.15) is 79.0 Å². The zero-order valence-corrected chi connectivity index (χ0v) is 23.6. The van der Waals surface area contributed by atoms with Crippen molar-refractivity contribution in [3.05, 3.63) is 0 Å². The summed E-state index contributed by atoms with van der Waals surface area (Å²) in [7, 11) is 4.75. The Hall–Kier alpha value is -2.01. The molecule has 0 spiro atoms. The van der Waals surface area contributed by atoms with E-state index in [-0.39, 0.29) is 16.8 Å². The fraction of sp³-hybridized carbons (Fsp3) is 0.905. The molecule has 0 aliphatic carbocycles. The molecule has 0 aliphatic heterocycles. The molecule has 0 heterocycles. The van der Waals surface area contributed by atoms with Crippen LogP contribution in [0.1, 0.15) is 19.3 Å². The molecule has 0 aliphatic rings. The summed E-state index contributed by atoms with van der Waals surface area (Å²) in [6, 6.07) is 0. The molecule has 268 valence electrons. The molecule has 1 unspecified atom stereocenters. The predicted molar refractivity (Wildman–Crippen MR) is 117 cm³/mol. The number of alkyl halides is 18. The van der Waals surface area contributed by atoms with Crippen LogP contribution in [0.3, 0.4) is 0 Å². The Morgan fingerprint density at radius 1 is 0.600 bits per heavy atom. The maximum atomic E-state index is 13.7. The Morgan fingerprint density at radius 2 is 0.956 bits per heavy atom. The van der Waals surface area contributed by atoms with Crippen LogP contribution in [0.5, 0.6) is 0 Å². The molecule has 0 saturated carbocycles. The summed E-state index contributed by atoms with van der Waals surface area (Å²) in [4.78, 5) is 24.2. The molecule has 0 aromatic rings. The van der Waals surface area contributed by atoms with Crippen molar-refractivity contribution < 1.29 is 103 Å². The Labute approximate surface area is 246 Å². The molecule has 0 aromatic carbocycles. The van der Waals surface area contributed by atoms with Crippen molar-refractivity contribution in [2.75, 3.05) is 46.7 Å². The molecule has 0 amide bonds. The molecule has 0 saturated heterocycles. The molecule has 45 heavy (non-hydrogen) atoms. The molecular formula is C21H24F18NO4S+. The van der Waals surface area contributed by atoms with Gasteiger partial charge in [-0.1, -0.05) is 0 Å². The van der Waals surface area contributed by atoms with Gasteiger partial charge in [0.15, 0.2) is 0 Å². The highest BCUT2D eigenvalue weighted by Crippen LogP contribution is 2.55. The van der Waals surface area contributed by atoms with Crippen LogP contribution in [0.4, 0.5) is 79.0 Å². The van der Waals surface area contributed by atoms with Gasteiger partial charge in [0, 0.05) is 5.75 Å². The largest absolute Gasteiger partial charge is 0.465 e. The third-order valence-corrected chi connectivity index (χ3v) is 6.63. The molecule has 5 nitrogen and oxygen atoms in total. The van der Waals surface area contributed by atoms with Gasteiger partial charge in [0.2, 0.25) is 0 Å². The number of carbonyl (C=O) groups is 2. The molecule has 0 N–H and O–H groups in total. The van der Waals surface area contributed by atoms with Crippen molar-refractivity contribution in [2.24, 2.45) is 0 Å². The number of halogens is 18. The molecule has 24 heteroatoms. The first-order valence-corrected chi connectivity index (χ1v) is 12.8. The van der Waals surface area contributed by atoms with Gasteiger partial charge in [0.1, 0.15) is 5.25 Å². The van der Waals surface area contributed by atoms with Gasteiger partial charge in [-0.15, -0.1) is 11.8 Å². The van der Waals surface area contributed by atoms with E-state index in [9.17, 15) is 88.6 Å². The average Bonchev–Trinajstić information content (AvgIpc) is 2.80. The highest BCUT2D eigenvalue weighted by atomic mass is 32.2. The number of thioether (sulfide) groups is 1. The minimum Gasteiger partial charge on any atom is -0.465 e. The second kappa shape index (κ2) is 14.0. The molecule has 0 rings (SSSR count). The lowest BCUT2D eigenvalue weighted by Crippen LogP contribution is -2.61. The zero-order chi connectivity index (χ0) is 36.3. The molecule has 1 atom stereocenters. The first-order chi connectivity index (χ1) is 19.6. The summed E-state index contributed by atoms with van der Waals surface area (Å²) in [6.45, 7) is -3.74. The zero-order valence-electron chi connectivity index (χ0n) is 22.8. The van der Waals surface area contributed by atoms with E-state index in [1.807, 2.05) is 0 Å². The van der Waals surface area contributed by atoms with Gasteiger partial charge >= 0.3 is 59.8 Å².